The van der Waals surface area contributed by atoms with Crippen LogP contribution in [-0.2, 0) is 4.79 Å². The van der Waals surface area contributed by atoms with Gasteiger partial charge in [-0.3, -0.25) is 9.69 Å². The highest BCUT2D eigenvalue weighted by Crippen LogP contribution is 2.18. The third-order valence-electron chi connectivity index (χ3n) is 3.34. The second kappa shape index (κ2) is 7.93. The first-order chi connectivity index (χ1) is 10.2. The summed E-state index contributed by atoms with van der Waals surface area (Å²) in [5.74, 6) is 1.12. The number of carboxylic acid groups (broad SMARTS) is 1. The predicted octanol–water partition coefficient (Wildman–Crippen LogP) is 2.53. The minimum Gasteiger partial charge on any atom is -0.481 e. The molecule has 114 valence electrons. The summed E-state index contributed by atoms with van der Waals surface area (Å²) in [4.78, 5) is 26.9. The summed E-state index contributed by atoms with van der Waals surface area (Å²) >= 11 is 1.86. The van der Waals surface area contributed by atoms with E-state index in [4.69, 9.17) is 5.11 Å². The standard InChI is InChI=1S/C15H20N2O3S/c18-14(19)7-9-17(13-5-2-1-3-6-13)15(20)16-8-4-11-21-12-10-16/h1-3,5-6H,4,7-12H2,(H,18,19). The van der Waals surface area contributed by atoms with E-state index >= 15 is 0 Å². The van der Waals surface area contributed by atoms with E-state index in [1.54, 1.807) is 4.90 Å². The topological polar surface area (TPSA) is 60.9 Å². The van der Waals surface area contributed by atoms with Crippen molar-refractivity contribution in [2.45, 2.75) is 12.8 Å². The van der Waals surface area contributed by atoms with Crippen LogP contribution in [0, 0.1) is 0 Å². The molecule has 2 rings (SSSR count). The monoisotopic (exact) mass is 308 g/mol. The van der Waals surface area contributed by atoms with Gasteiger partial charge in [0.15, 0.2) is 0 Å². The number of carbonyl (C=O) groups excluding carboxylic acids is 1. The number of rotatable bonds is 4. The Morgan fingerprint density at radius 2 is 1.95 bits per heavy atom. The fourth-order valence-electron chi connectivity index (χ4n) is 2.26. The fraction of sp³-hybridized carbons (Fsp3) is 0.467. The zero-order valence-corrected chi connectivity index (χ0v) is 12.7. The van der Waals surface area contributed by atoms with E-state index in [2.05, 4.69) is 0 Å². The van der Waals surface area contributed by atoms with Gasteiger partial charge in [-0.05, 0) is 24.3 Å². The molecule has 1 aromatic carbocycles. The highest BCUT2D eigenvalue weighted by atomic mass is 32.2. The molecule has 6 heteroatoms. The molecule has 0 aliphatic carbocycles. The van der Waals surface area contributed by atoms with Crippen LogP contribution in [0.15, 0.2) is 30.3 Å². The van der Waals surface area contributed by atoms with Crippen LogP contribution in [0.25, 0.3) is 0 Å². The van der Waals surface area contributed by atoms with Gasteiger partial charge in [-0.1, -0.05) is 18.2 Å². The van der Waals surface area contributed by atoms with Crippen LogP contribution < -0.4 is 4.90 Å². The number of hydrogen-bond donors (Lipinski definition) is 1. The summed E-state index contributed by atoms with van der Waals surface area (Å²) in [7, 11) is 0. The molecule has 0 aromatic heterocycles. The summed E-state index contributed by atoms with van der Waals surface area (Å²) in [6.07, 6.45) is 0.932. The molecule has 1 aliphatic heterocycles. The Kier molecular flexibility index (Phi) is 5.92. The van der Waals surface area contributed by atoms with Crippen molar-refractivity contribution in [1.29, 1.82) is 0 Å². The number of amides is 2. The Balaban J connectivity index is 2.13. The van der Waals surface area contributed by atoms with Gasteiger partial charge in [0.05, 0.1) is 6.42 Å². The molecule has 1 aliphatic rings. The van der Waals surface area contributed by atoms with E-state index in [9.17, 15) is 9.59 Å². The normalized spacial score (nSPS) is 15.3. The van der Waals surface area contributed by atoms with Crippen LogP contribution in [0.5, 0.6) is 0 Å². The van der Waals surface area contributed by atoms with E-state index < -0.39 is 5.97 Å². The van der Waals surface area contributed by atoms with Gasteiger partial charge in [-0.25, -0.2) is 4.79 Å². The SMILES string of the molecule is O=C(O)CCN(C(=O)N1CCCSCC1)c1ccccc1. The van der Waals surface area contributed by atoms with Crippen molar-refractivity contribution in [2.75, 3.05) is 36.0 Å². The number of carbonyl (C=O) groups is 2. The molecule has 1 saturated heterocycles. The van der Waals surface area contributed by atoms with Gasteiger partial charge in [0.2, 0.25) is 0 Å². The molecule has 0 saturated carbocycles. The second-order valence-electron chi connectivity index (χ2n) is 4.87. The molecular weight excluding hydrogens is 288 g/mol. The van der Waals surface area contributed by atoms with E-state index in [1.165, 1.54) is 0 Å². The van der Waals surface area contributed by atoms with Gasteiger partial charge in [-0.2, -0.15) is 11.8 Å². The van der Waals surface area contributed by atoms with Crippen molar-refractivity contribution in [3.05, 3.63) is 30.3 Å². The summed E-state index contributed by atoms with van der Waals surface area (Å²) in [6.45, 7) is 1.66. The molecule has 2 amide bonds. The number of anilines is 1. The summed E-state index contributed by atoms with van der Waals surface area (Å²) in [6, 6.07) is 9.18. The number of carboxylic acids is 1. The molecule has 21 heavy (non-hydrogen) atoms. The van der Waals surface area contributed by atoms with Crippen LogP contribution >= 0.6 is 11.8 Å². The second-order valence-corrected chi connectivity index (χ2v) is 6.09. The average molecular weight is 308 g/mol. The Bertz CT molecular complexity index is 473. The van der Waals surface area contributed by atoms with E-state index in [0.29, 0.717) is 0 Å². The molecule has 0 spiro atoms. The smallest absolute Gasteiger partial charge is 0.324 e. The lowest BCUT2D eigenvalue weighted by atomic mass is 10.2. The maximum absolute atomic E-state index is 12.7. The van der Waals surface area contributed by atoms with Crippen LogP contribution in [-0.4, -0.2) is 53.1 Å². The highest BCUT2D eigenvalue weighted by molar-refractivity contribution is 7.99. The minimum absolute atomic E-state index is 0.0524. The first-order valence-electron chi connectivity index (χ1n) is 7.09. The van der Waals surface area contributed by atoms with Gasteiger partial charge in [0.25, 0.3) is 0 Å². The zero-order valence-electron chi connectivity index (χ0n) is 11.9. The van der Waals surface area contributed by atoms with E-state index in [-0.39, 0.29) is 19.0 Å². The maximum atomic E-state index is 12.7. The minimum atomic E-state index is -0.893. The van der Waals surface area contributed by atoms with Crippen molar-refractivity contribution in [2.24, 2.45) is 0 Å². The number of benzene rings is 1. The van der Waals surface area contributed by atoms with Crippen molar-refractivity contribution >= 4 is 29.4 Å². The molecule has 0 atom stereocenters. The molecule has 1 N–H and O–H groups in total. The van der Waals surface area contributed by atoms with Crippen molar-refractivity contribution in [3.63, 3.8) is 0 Å². The molecule has 1 heterocycles. The Morgan fingerprint density at radius 1 is 1.19 bits per heavy atom. The molecular formula is C15H20N2O3S. The molecule has 5 nitrogen and oxygen atoms in total. The van der Waals surface area contributed by atoms with E-state index in [0.717, 1.165) is 36.7 Å². The van der Waals surface area contributed by atoms with Gasteiger partial charge < -0.3 is 10.0 Å². The van der Waals surface area contributed by atoms with Crippen molar-refractivity contribution < 1.29 is 14.7 Å². The first-order valence-corrected chi connectivity index (χ1v) is 8.25. The van der Waals surface area contributed by atoms with Gasteiger partial charge in [0, 0.05) is 31.1 Å². The number of nitrogens with zero attached hydrogens (tertiary/aromatic N) is 2. The number of hydrogen-bond acceptors (Lipinski definition) is 3. The molecule has 0 bridgehead atoms. The largest absolute Gasteiger partial charge is 0.481 e. The van der Waals surface area contributed by atoms with Gasteiger partial charge >= 0.3 is 12.0 Å². The lowest BCUT2D eigenvalue weighted by Gasteiger charge is -2.29. The Morgan fingerprint density at radius 3 is 2.67 bits per heavy atom. The lowest BCUT2D eigenvalue weighted by Crippen LogP contribution is -2.45. The highest BCUT2D eigenvalue weighted by Gasteiger charge is 2.23. The van der Waals surface area contributed by atoms with Gasteiger partial charge in [-0.15, -0.1) is 0 Å². The quantitative estimate of drug-likeness (QED) is 0.928. The first kappa shape index (κ1) is 15.7. The Hall–Kier alpha value is -1.69. The molecule has 1 aromatic rings. The number of urea groups is 1. The third-order valence-corrected chi connectivity index (χ3v) is 4.39. The van der Waals surface area contributed by atoms with Crippen LogP contribution in [0.2, 0.25) is 0 Å². The zero-order chi connectivity index (χ0) is 15.1. The van der Waals surface area contributed by atoms with E-state index in [1.807, 2.05) is 47.0 Å². The molecule has 1 fully saturated rings. The molecule has 0 unspecified atom stereocenters. The van der Waals surface area contributed by atoms with Crippen molar-refractivity contribution in [1.82, 2.24) is 4.90 Å². The van der Waals surface area contributed by atoms with Gasteiger partial charge in [0.1, 0.15) is 0 Å². The van der Waals surface area contributed by atoms with Crippen LogP contribution in [0.4, 0.5) is 10.5 Å². The average Bonchev–Trinajstić information content (AvgIpc) is 2.77. The summed E-state index contributed by atoms with van der Waals surface area (Å²) in [5, 5.41) is 8.89. The van der Waals surface area contributed by atoms with Crippen LogP contribution in [0.3, 0.4) is 0 Å². The third kappa shape index (κ3) is 4.67. The lowest BCUT2D eigenvalue weighted by molar-refractivity contribution is -0.136. The summed E-state index contributed by atoms with van der Waals surface area (Å²) in [5.41, 5.74) is 0.751. The number of para-hydroxylation sites is 1. The van der Waals surface area contributed by atoms with Crippen molar-refractivity contribution in [3.8, 4) is 0 Å². The van der Waals surface area contributed by atoms with Crippen LogP contribution in [0.1, 0.15) is 12.8 Å². The number of thioether (sulfide) groups is 1. The Labute approximate surface area is 128 Å². The summed E-state index contributed by atoms with van der Waals surface area (Å²) < 4.78 is 0. The molecule has 0 radical (unpaired) electrons. The maximum Gasteiger partial charge on any atom is 0.324 e. The predicted molar refractivity (Wildman–Crippen MR) is 85.0 cm³/mol. The fourth-order valence-corrected chi connectivity index (χ4v) is 3.15. The number of aliphatic carboxylic acids is 1.